The van der Waals surface area contributed by atoms with Crippen LogP contribution < -0.4 is 15.0 Å². The van der Waals surface area contributed by atoms with Gasteiger partial charge in [0, 0.05) is 5.02 Å². The van der Waals surface area contributed by atoms with E-state index in [9.17, 15) is 9.59 Å². The van der Waals surface area contributed by atoms with E-state index < -0.39 is 11.9 Å². The fraction of sp³-hybridized carbons (Fsp3) is 0.0435. The molecule has 4 rings (SSSR count). The summed E-state index contributed by atoms with van der Waals surface area (Å²) in [5, 5.41) is 3.09. The highest BCUT2D eigenvalue weighted by molar-refractivity contribution is 14.1. The van der Waals surface area contributed by atoms with Gasteiger partial charge >= 0.3 is 6.03 Å². The fourth-order valence-electron chi connectivity index (χ4n) is 3.08. The number of amides is 3. The molecule has 156 valence electrons. The van der Waals surface area contributed by atoms with Gasteiger partial charge in [-0.15, -0.1) is 0 Å². The Labute approximate surface area is 211 Å². The number of nitrogens with one attached hydrogen (secondary N) is 1. The first-order valence-electron chi connectivity index (χ1n) is 9.21. The number of benzene rings is 3. The van der Waals surface area contributed by atoms with Crippen LogP contribution in [-0.4, -0.2) is 11.9 Å². The summed E-state index contributed by atoms with van der Waals surface area (Å²) in [6, 6.07) is 19.9. The van der Waals surface area contributed by atoms with Crippen molar-refractivity contribution in [1.29, 1.82) is 0 Å². The summed E-state index contributed by atoms with van der Waals surface area (Å²) in [6.07, 6.45) is 1.66. The number of carbonyl (C=O) groups is 2. The van der Waals surface area contributed by atoms with E-state index in [-0.39, 0.29) is 5.70 Å². The van der Waals surface area contributed by atoms with Gasteiger partial charge in [-0.25, -0.2) is 9.69 Å². The highest BCUT2D eigenvalue weighted by Gasteiger charge is 2.35. The molecule has 1 saturated heterocycles. The van der Waals surface area contributed by atoms with Crippen molar-refractivity contribution < 1.29 is 14.3 Å². The molecule has 0 spiro atoms. The molecule has 0 aliphatic carbocycles. The van der Waals surface area contributed by atoms with E-state index in [2.05, 4.69) is 50.5 Å². The lowest BCUT2D eigenvalue weighted by molar-refractivity contribution is -0.113. The minimum Gasteiger partial charge on any atom is -0.487 e. The summed E-state index contributed by atoms with van der Waals surface area (Å²) in [4.78, 5) is 26.3. The lowest BCUT2D eigenvalue weighted by Gasteiger charge is -2.12. The maximum Gasteiger partial charge on any atom is 0.333 e. The first kappa shape index (κ1) is 22.1. The molecule has 0 aromatic heterocycles. The van der Waals surface area contributed by atoms with Gasteiger partial charge < -0.3 is 10.1 Å². The smallest absolute Gasteiger partial charge is 0.333 e. The summed E-state index contributed by atoms with van der Waals surface area (Å²) >= 11 is 10.4. The zero-order chi connectivity index (χ0) is 22.0. The van der Waals surface area contributed by atoms with Gasteiger partial charge in [0.1, 0.15) is 18.1 Å². The second-order valence-corrected chi connectivity index (χ2v) is 9.46. The number of hydrogen-bond donors (Lipinski definition) is 1. The maximum absolute atomic E-state index is 12.8. The van der Waals surface area contributed by atoms with Gasteiger partial charge in [0.2, 0.25) is 0 Å². The van der Waals surface area contributed by atoms with Gasteiger partial charge in [-0.2, -0.15) is 0 Å². The van der Waals surface area contributed by atoms with E-state index in [1.165, 1.54) is 0 Å². The molecule has 8 heteroatoms. The zero-order valence-electron chi connectivity index (χ0n) is 15.9. The number of halogens is 3. The molecule has 1 heterocycles. The molecule has 0 atom stereocenters. The predicted molar refractivity (Wildman–Crippen MR) is 138 cm³/mol. The summed E-state index contributed by atoms with van der Waals surface area (Å²) in [5.41, 5.74) is 2.50. The minimum absolute atomic E-state index is 0.203. The van der Waals surface area contributed by atoms with E-state index in [0.29, 0.717) is 17.3 Å². The van der Waals surface area contributed by atoms with Gasteiger partial charge in [0.15, 0.2) is 0 Å². The van der Waals surface area contributed by atoms with Crippen molar-refractivity contribution in [2.75, 3.05) is 4.90 Å². The molecule has 31 heavy (non-hydrogen) atoms. The second-order valence-electron chi connectivity index (χ2n) is 6.70. The molecule has 1 fully saturated rings. The Bertz CT molecular complexity index is 1180. The monoisotopic (exact) mass is 656 g/mol. The first-order valence-corrected chi connectivity index (χ1v) is 11.7. The Morgan fingerprint density at radius 1 is 0.968 bits per heavy atom. The van der Waals surface area contributed by atoms with E-state index in [1.807, 2.05) is 42.5 Å². The number of rotatable bonds is 5. The average molecular weight is 657 g/mol. The van der Waals surface area contributed by atoms with Gasteiger partial charge in [-0.3, -0.25) is 4.79 Å². The van der Waals surface area contributed by atoms with E-state index >= 15 is 0 Å². The van der Waals surface area contributed by atoms with Crippen molar-refractivity contribution >= 4 is 80.5 Å². The molecule has 3 amide bonds. The average Bonchev–Trinajstić information content (AvgIpc) is 3.01. The Morgan fingerprint density at radius 2 is 1.68 bits per heavy atom. The lowest BCUT2D eigenvalue weighted by atomic mass is 10.1. The Morgan fingerprint density at radius 3 is 2.35 bits per heavy atom. The molecule has 0 bridgehead atoms. The summed E-state index contributed by atoms with van der Waals surface area (Å²) in [7, 11) is 0. The number of urea groups is 1. The van der Waals surface area contributed by atoms with Crippen molar-refractivity contribution in [3.05, 3.63) is 95.7 Å². The number of ether oxygens (including phenoxy) is 1. The molecule has 3 aromatic rings. The van der Waals surface area contributed by atoms with E-state index in [0.717, 1.165) is 28.9 Å². The predicted octanol–water partition coefficient (Wildman–Crippen LogP) is 6.23. The van der Waals surface area contributed by atoms with Crippen LogP contribution in [0.2, 0.25) is 5.02 Å². The molecular formula is C23H15ClI2N2O3. The number of imide groups is 1. The summed E-state index contributed by atoms with van der Waals surface area (Å²) < 4.78 is 7.84. The molecule has 0 unspecified atom stereocenters. The standard InChI is InChI=1S/C23H15ClI2N2O3/c24-16-7-4-8-17(12-16)28-22(29)20(27-23(28)30)11-15-9-18(25)21(19(26)10-15)31-13-14-5-2-1-3-6-14/h1-12H,13H2,(H,27,30)/b20-11+. The van der Waals surface area contributed by atoms with Crippen LogP contribution in [0.1, 0.15) is 11.1 Å². The van der Waals surface area contributed by atoms with Crippen LogP contribution in [0.25, 0.3) is 6.08 Å². The van der Waals surface area contributed by atoms with Gasteiger partial charge in [-0.1, -0.05) is 48.0 Å². The Hall–Kier alpha value is -2.11. The number of carbonyl (C=O) groups excluding carboxylic acids is 2. The zero-order valence-corrected chi connectivity index (χ0v) is 21.0. The van der Waals surface area contributed by atoms with Crippen LogP contribution >= 0.6 is 56.8 Å². The van der Waals surface area contributed by atoms with Crippen molar-refractivity contribution in [3.63, 3.8) is 0 Å². The third-order valence-electron chi connectivity index (χ3n) is 4.50. The van der Waals surface area contributed by atoms with Crippen molar-refractivity contribution in [3.8, 4) is 5.75 Å². The topological polar surface area (TPSA) is 58.6 Å². The normalized spacial score (nSPS) is 14.8. The van der Waals surface area contributed by atoms with Crippen LogP contribution in [0.15, 0.2) is 72.4 Å². The molecule has 1 aliphatic heterocycles. The van der Waals surface area contributed by atoms with Gasteiger partial charge in [-0.05, 0) is 92.7 Å². The summed E-state index contributed by atoms with van der Waals surface area (Å²) in [6.45, 7) is 0.469. The third-order valence-corrected chi connectivity index (χ3v) is 6.34. The molecule has 0 saturated carbocycles. The van der Waals surface area contributed by atoms with Crippen molar-refractivity contribution in [2.45, 2.75) is 6.61 Å². The molecule has 3 aromatic carbocycles. The van der Waals surface area contributed by atoms with Gasteiger partial charge in [0.25, 0.3) is 5.91 Å². The van der Waals surface area contributed by atoms with E-state index in [4.69, 9.17) is 16.3 Å². The second kappa shape index (κ2) is 9.58. The van der Waals surface area contributed by atoms with Gasteiger partial charge in [0.05, 0.1) is 12.8 Å². The van der Waals surface area contributed by atoms with Crippen LogP contribution in [0.3, 0.4) is 0 Å². The quantitative estimate of drug-likeness (QED) is 0.202. The van der Waals surface area contributed by atoms with Crippen molar-refractivity contribution in [2.24, 2.45) is 0 Å². The minimum atomic E-state index is -0.509. The molecule has 5 nitrogen and oxygen atoms in total. The number of nitrogens with zero attached hydrogens (tertiary/aromatic N) is 1. The Balaban J connectivity index is 1.56. The highest BCUT2D eigenvalue weighted by Crippen LogP contribution is 2.31. The number of hydrogen-bond acceptors (Lipinski definition) is 3. The number of anilines is 1. The first-order chi connectivity index (χ1) is 14.9. The fourth-order valence-corrected chi connectivity index (χ4v) is 5.39. The molecule has 0 radical (unpaired) electrons. The van der Waals surface area contributed by atoms with Crippen molar-refractivity contribution in [1.82, 2.24) is 5.32 Å². The summed E-state index contributed by atoms with van der Waals surface area (Å²) in [5.74, 6) is 0.358. The molecule has 1 N–H and O–H groups in total. The SMILES string of the molecule is O=C1N/C(=C/c2cc(I)c(OCc3ccccc3)c(I)c2)C(=O)N1c1cccc(Cl)c1. The van der Waals surface area contributed by atoms with Crippen LogP contribution in [0.5, 0.6) is 5.75 Å². The highest BCUT2D eigenvalue weighted by atomic mass is 127. The Kier molecular flexibility index (Phi) is 6.83. The van der Waals surface area contributed by atoms with Crippen LogP contribution in [0, 0.1) is 7.14 Å². The van der Waals surface area contributed by atoms with Crippen LogP contribution in [-0.2, 0) is 11.4 Å². The maximum atomic E-state index is 12.8. The molecular weight excluding hydrogens is 642 g/mol. The molecule has 1 aliphatic rings. The van der Waals surface area contributed by atoms with E-state index in [1.54, 1.807) is 30.3 Å². The lowest BCUT2D eigenvalue weighted by Crippen LogP contribution is -2.30. The van der Waals surface area contributed by atoms with Crippen LogP contribution in [0.4, 0.5) is 10.5 Å². The third kappa shape index (κ3) is 5.04. The largest absolute Gasteiger partial charge is 0.487 e.